The van der Waals surface area contributed by atoms with Gasteiger partial charge in [0.2, 0.25) is 0 Å². The van der Waals surface area contributed by atoms with Gasteiger partial charge in [0, 0.05) is 17.1 Å². The van der Waals surface area contributed by atoms with Crippen molar-refractivity contribution < 1.29 is 0 Å². The maximum Gasteiger partial charge on any atom is 0.0456 e. The first-order chi connectivity index (χ1) is 12.4. The fourth-order valence-corrected chi connectivity index (χ4v) is 4.84. The van der Waals surface area contributed by atoms with Gasteiger partial charge in [-0.2, -0.15) is 0 Å². The summed E-state index contributed by atoms with van der Waals surface area (Å²) < 4.78 is 0. The molecule has 2 saturated heterocycles. The summed E-state index contributed by atoms with van der Waals surface area (Å²) in [6.45, 7) is 6.35. The molecule has 3 heterocycles. The molecule has 0 spiro atoms. The Labute approximate surface area is 152 Å². The molecule has 2 fully saturated rings. The van der Waals surface area contributed by atoms with Crippen LogP contribution in [0.4, 0.5) is 0 Å². The molecule has 0 amide bonds. The van der Waals surface area contributed by atoms with Crippen LogP contribution in [-0.2, 0) is 0 Å². The van der Waals surface area contributed by atoms with Crippen molar-refractivity contribution in [1.29, 1.82) is 0 Å². The Morgan fingerprint density at radius 1 is 0.960 bits per heavy atom. The van der Waals surface area contributed by atoms with Crippen LogP contribution >= 0.6 is 0 Å². The standard InChI is InChI=1S/C22H33N3/c1-2-7-22-20(6-1)21(17-24-22)19-10-15-25(16-11-19)14-4-3-5-18-8-12-23-13-9-18/h1-2,6-7,17-19,23-24H,3-5,8-16H2. The molecule has 0 saturated carbocycles. The van der Waals surface area contributed by atoms with Crippen molar-refractivity contribution in [1.82, 2.24) is 15.2 Å². The van der Waals surface area contributed by atoms with Gasteiger partial charge in [-0.05, 0) is 88.3 Å². The van der Waals surface area contributed by atoms with Crippen molar-refractivity contribution in [3.63, 3.8) is 0 Å². The number of piperidine rings is 2. The molecular weight excluding hydrogens is 306 g/mol. The van der Waals surface area contributed by atoms with Crippen LogP contribution < -0.4 is 5.32 Å². The number of benzene rings is 1. The van der Waals surface area contributed by atoms with E-state index >= 15 is 0 Å². The van der Waals surface area contributed by atoms with Crippen LogP contribution in [0, 0.1) is 5.92 Å². The topological polar surface area (TPSA) is 31.1 Å². The van der Waals surface area contributed by atoms with Crippen molar-refractivity contribution in [3.8, 4) is 0 Å². The van der Waals surface area contributed by atoms with E-state index in [2.05, 4.69) is 45.7 Å². The van der Waals surface area contributed by atoms with Gasteiger partial charge in [-0.25, -0.2) is 0 Å². The Hall–Kier alpha value is -1.32. The lowest BCUT2D eigenvalue weighted by molar-refractivity contribution is 0.206. The fraction of sp³-hybridized carbons (Fsp3) is 0.636. The third-order valence-electron chi connectivity index (χ3n) is 6.44. The summed E-state index contributed by atoms with van der Waals surface area (Å²) in [5.41, 5.74) is 2.83. The van der Waals surface area contributed by atoms with E-state index in [9.17, 15) is 0 Å². The zero-order chi connectivity index (χ0) is 16.9. The highest BCUT2D eigenvalue weighted by Crippen LogP contribution is 2.33. The summed E-state index contributed by atoms with van der Waals surface area (Å²) in [4.78, 5) is 6.15. The molecule has 2 aromatic rings. The number of aromatic amines is 1. The van der Waals surface area contributed by atoms with Gasteiger partial charge in [0.05, 0.1) is 0 Å². The average molecular weight is 340 g/mol. The van der Waals surface area contributed by atoms with E-state index in [1.807, 2.05) is 0 Å². The molecule has 0 aliphatic carbocycles. The third kappa shape index (κ3) is 4.27. The van der Waals surface area contributed by atoms with Crippen LogP contribution in [0.2, 0.25) is 0 Å². The first kappa shape index (κ1) is 17.1. The molecule has 1 aromatic carbocycles. The number of unbranched alkanes of at least 4 members (excludes halogenated alkanes) is 1. The predicted molar refractivity (Wildman–Crippen MR) is 106 cm³/mol. The van der Waals surface area contributed by atoms with Crippen molar-refractivity contribution >= 4 is 10.9 Å². The Kier molecular flexibility index (Phi) is 5.73. The minimum atomic E-state index is 0.738. The summed E-state index contributed by atoms with van der Waals surface area (Å²) in [6, 6.07) is 8.75. The lowest BCUT2D eigenvalue weighted by atomic mass is 9.89. The molecule has 4 rings (SSSR count). The summed E-state index contributed by atoms with van der Waals surface area (Å²) >= 11 is 0. The summed E-state index contributed by atoms with van der Waals surface area (Å²) in [5.74, 6) is 1.73. The lowest BCUT2D eigenvalue weighted by Gasteiger charge is -2.32. The van der Waals surface area contributed by atoms with Crippen LogP contribution in [-0.4, -0.2) is 42.6 Å². The molecule has 2 N–H and O–H groups in total. The smallest absolute Gasteiger partial charge is 0.0456 e. The largest absolute Gasteiger partial charge is 0.361 e. The van der Waals surface area contributed by atoms with E-state index in [0.717, 1.165) is 11.8 Å². The number of hydrogen-bond acceptors (Lipinski definition) is 2. The van der Waals surface area contributed by atoms with Crippen LogP contribution in [0.3, 0.4) is 0 Å². The second-order valence-electron chi connectivity index (χ2n) is 8.09. The lowest BCUT2D eigenvalue weighted by Crippen LogP contribution is -2.33. The Balaban J connectivity index is 1.19. The minimum absolute atomic E-state index is 0.738. The number of para-hydroxylation sites is 1. The van der Waals surface area contributed by atoms with Gasteiger partial charge in [0.25, 0.3) is 0 Å². The molecule has 0 bridgehead atoms. The van der Waals surface area contributed by atoms with Crippen LogP contribution in [0.1, 0.15) is 56.4 Å². The molecule has 0 atom stereocenters. The number of likely N-dealkylation sites (tertiary alicyclic amines) is 1. The maximum absolute atomic E-state index is 3.47. The molecular formula is C22H33N3. The van der Waals surface area contributed by atoms with Crippen molar-refractivity contribution in [2.75, 3.05) is 32.7 Å². The van der Waals surface area contributed by atoms with E-state index in [-0.39, 0.29) is 0 Å². The molecule has 3 heteroatoms. The van der Waals surface area contributed by atoms with E-state index in [4.69, 9.17) is 0 Å². The third-order valence-corrected chi connectivity index (χ3v) is 6.44. The van der Waals surface area contributed by atoms with Gasteiger partial charge < -0.3 is 15.2 Å². The van der Waals surface area contributed by atoms with Gasteiger partial charge in [0.15, 0.2) is 0 Å². The van der Waals surface area contributed by atoms with Gasteiger partial charge >= 0.3 is 0 Å². The second-order valence-corrected chi connectivity index (χ2v) is 8.09. The predicted octanol–water partition coefficient (Wildman–Crippen LogP) is 4.52. The molecule has 136 valence electrons. The second kappa shape index (κ2) is 8.37. The number of hydrogen-bond donors (Lipinski definition) is 2. The van der Waals surface area contributed by atoms with E-state index in [1.165, 1.54) is 88.6 Å². The van der Waals surface area contributed by atoms with Gasteiger partial charge in [-0.3, -0.25) is 0 Å². The van der Waals surface area contributed by atoms with Gasteiger partial charge in [-0.1, -0.05) is 31.0 Å². The number of rotatable bonds is 6. The van der Waals surface area contributed by atoms with Gasteiger partial charge in [0.1, 0.15) is 0 Å². The number of H-pyrrole nitrogens is 1. The Bertz CT molecular complexity index is 648. The molecule has 0 unspecified atom stereocenters. The SMILES string of the molecule is c1ccc2c(C3CCN(CCCCC4CCNCC4)CC3)c[nH]c2c1. The van der Waals surface area contributed by atoms with E-state index < -0.39 is 0 Å². The summed E-state index contributed by atoms with van der Waals surface area (Å²) in [6.07, 6.45) is 11.9. The van der Waals surface area contributed by atoms with E-state index in [0.29, 0.717) is 0 Å². The number of nitrogens with one attached hydrogen (secondary N) is 2. The monoisotopic (exact) mass is 339 g/mol. The highest BCUT2D eigenvalue weighted by molar-refractivity contribution is 5.83. The molecule has 3 nitrogen and oxygen atoms in total. The summed E-state index contributed by atoms with van der Waals surface area (Å²) in [7, 11) is 0. The quantitative estimate of drug-likeness (QED) is 0.758. The zero-order valence-electron chi connectivity index (χ0n) is 15.5. The Morgan fingerprint density at radius 2 is 1.76 bits per heavy atom. The highest BCUT2D eigenvalue weighted by atomic mass is 15.1. The first-order valence-electron chi connectivity index (χ1n) is 10.4. The van der Waals surface area contributed by atoms with Gasteiger partial charge in [-0.15, -0.1) is 0 Å². The first-order valence-corrected chi connectivity index (χ1v) is 10.4. The molecule has 1 aromatic heterocycles. The normalized spacial score (nSPS) is 21.1. The average Bonchev–Trinajstić information content (AvgIpc) is 3.11. The van der Waals surface area contributed by atoms with Crippen molar-refractivity contribution in [2.45, 2.75) is 50.9 Å². The Morgan fingerprint density at radius 3 is 2.60 bits per heavy atom. The van der Waals surface area contributed by atoms with E-state index in [1.54, 1.807) is 5.56 Å². The van der Waals surface area contributed by atoms with Crippen LogP contribution in [0.5, 0.6) is 0 Å². The number of nitrogens with zero attached hydrogens (tertiary/aromatic N) is 1. The van der Waals surface area contributed by atoms with Crippen LogP contribution in [0.15, 0.2) is 30.5 Å². The zero-order valence-corrected chi connectivity index (χ0v) is 15.5. The molecule has 2 aliphatic rings. The van der Waals surface area contributed by atoms with Crippen LogP contribution in [0.25, 0.3) is 10.9 Å². The highest BCUT2D eigenvalue weighted by Gasteiger charge is 2.22. The number of aromatic nitrogens is 1. The molecule has 2 aliphatic heterocycles. The maximum atomic E-state index is 3.47. The summed E-state index contributed by atoms with van der Waals surface area (Å²) in [5, 5.41) is 4.91. The molecule has 25 heavy (non-hydrogen) atoms. The van der Waals surface area contributed by atoms with Crippen molar-refractivity contribution in [2.24, 2.45) is 5.92 Å². The number of fused-ring (bicyclic) bond motifs is 1. The van der Waals surface area contributed by atoms with Crippen molar-refractivity contribution in [3.05, 3.63) is 36.0 Å². The fourth-order valence-electron chi connectivity index (χ4n) is 4.84. The minimum Gasteiger partial charge on any atom is -0.361 e. The molecule has 0 radical (unpaired) electrons.